The molecule has 0 bridgehead atoms. The quantitative estimate of drug-likeness (QED) is 0.287. The van der Waals surface area contributed by atoms with Gasteiger partial charge in [-0.15, -0.1) is 0 Å². The summed E-state index contributed by atoms with van der Waals surface area (Å²) < 4.78 is 7.00. The Hall–Kier alpha value is -1.27. The third-order valence-electron chi connectivity index (χ3n) is 3.78. The first-order valence-corrected chi connectivity index (χ1v) is 9.42. The van der Waals surface area contributed by atoms with E-state index in [9.17, 15) is 0 Å². The van der Waals surface area contributed by atoms with Gasteiger partial charge in [0.05, 0.1) is 17.0 Å². The number of hydrogen-bond donors (Lipinski definition) is 0. The summed E-state index contributed by atoms with van der Waals surface area (Å²) in [5.41, 5.74) is 3.11. The fourth-order valence-electron chi connectivity index (χ4n) is 2.22. The largest absolute Gasteiger partial charge is 0.457 e. The molecule has 128 valence electrons. The molecular weight excluding hydrogens is 435 g/mol. The number of hydrogen-bond acceptors (Lipinski definition) is 2. The number of rotatable bonds is 6. The molecule has 0 aliphatic heterocycles. The summed E-state index contributed by atoms with van der Waals surface area (Å²) in [6, 6.07) is 9.76. The molecule has 0 amide bonds. The average Bonchev–Trinajstić information content (AvgIpc) is 2.56. The molecule has 0 aromatic heterocycles. The van der Waals surface area contributed by atoms with Crippen molar-refractivity contribution in [3.63, 3.8) is 0 Å². The van der Waals surface area contributed by atoms with E-state index in [2.05, 4.69) is 52.4 Å². The van der Waals surface area contributed by atoms with E-state index >= 15 is 0 Å². The fourth-order valence-corrected chi connectivity index (χ4v) is 2.83. The third-order valence-corrected chi connectivity index (χ3v) is 5.33. The van der Waals surface area contributed by atoms with Crippen LogP contribution in [0.15, 0.2) is 35.3 Å². The van der Waals surface area contributed by atoms with Gasteiger partial charge in [0.1, 0.15) is 11.5 Å². The Labute approximate surface area is 162 Å². The molecular formula is C19H22ClIN2O. The van der Waals surface area contributed by atoms with E-state index in [4.69, 9.17) is 16.3 Å². The molecule has 0 N–H and O–H groups in total. The molecule has 2 aromatic carbocycles. The minimum absolute atomic E-state index is 0.733. The van der Waals surface area contributed by atoms with Crippen LogP contribution < -0.4 is 4.74 Å². The van der Waals surface area contributed by atoms with Crippen molar-refractivity contribution in [2.24, 2.45) is 4.99 Å². The molecule has 2 rings (SSSR count). The van der Waals surface area contributed by atoms with E-state index in [-0.39, 0.29) is 0 Å². The standard InChI is InChI=1S/C19H22ClIN2O/c1-5-23(6-2)12-22-18-9-14(4)19(10-13(18)3)24-15-7-8-16(20)17(21)11-15/h7-12H,5-6H2,1-4H3/b22-12+. The van der Waals surface area contributed by atoms with E-state index in [0.717, 1.165) is 50.0 Å². The van der Waals surface area contributed by atoms with Crippen LogP contribution in [-0.2, 0) is 0 Å². The van der Waals surface area contributed by atoms with Gasteiger partial charge in [0.2, 0.25) is 0 Å². The van der Waals surface area contributed by atoms with Gasteiger partial charge < -0.3 is 9.64 Å². The Morgan fingerprint density at radius 2 is 1.83 bits per heavy atom. The first-order valence-electron chi connectivity index (χ1n) is 7.97. The highest BCUT2D eigenvalue weighted by atomic mass is 127. The molecule has 0 aliphatic rings. The summed E-state index contributed by atoms with van der Waals surface area (Å²) in [7, 11) is 0. The van der Waals surface area contributed by atoms with Gasteiger partial charge in [0, 0.05) is 16.7 Å². The molecule has 0 fully saturated rings. The monoisotopic (exact) mass is 456 g/mol. The van der Waals surface area contributed by atoms with Gasteiger partial charge in [-0.25, -0.2) is 4.99 Å². The van der Waals surface area contributed by atoms with E-state index in [1.807, 2.05) is 44.5 Å². The lowest BCUT2D eigenvalue weighted by molar-refractivity contribution is 0.477. The Bertz CT molecular complexity index is 742. The summed E-state index contributed by atoms with van der Waals surface area (Å²) in [5, 5.41) is 0.733. The fraction of sp³-hybridized carbons (Fsp3) is 0.316. The summed E-state index contributed by atoms with van der Waals surface area (Å²) in [6.07, 6.45) is 1.91. The average molecular weight is 457 g/mol. The zero-order valence-electron chi connectivity index (χ0n) is 14.4. The minimum Gasteiger partial charge on any atom is -0.457 e. The van der Waals surface area contributed by atoms with Crippen molar-refractivity contribution in [2.45, 2.75) is 27.7 Å². The second-order valence-corrected chi connectivity index (χ2v) is 7.12. The molecule has 0 atom stereocenters. The molecule has 2 aromatic rings. The molecule has 0 unspecified atom stereocenters. The highest BCUT2D eigenvalue weighted by Gasteiger charge is 2.08. The van der Waals surface area contributed by atoms with Crippen LogP contribution in [0.3, 0.4) is 0 Å². The van der Waals surface area contributed by atoms with Crippen molar-refractivity contribution in [3.05, 3.63) is 50.1 Å². The van der Waals surface area contributed by atoms with Gasteiger partial charge in [-0.3, -0.25) is 0 Å². The van der Waals surface area contributed by atoms with Gasteiger partial charge in [-0.2, -0.15) is 0 Å². The van der Waals surface area contributed by atoms with E-state index < -0.39 is 0 Å². The van der Waals surface area contributed by atoms with Crippen molar-refractivity contribution in [2.75, 3.05) is 13.1 Å². The Kier molecular flexibility index (Phi) is 6.92. The van der Waals surface area contributed by atoms with Crippen molar-refractivity contribution in [3.8, 4) is 11.5 Å². The smallest absolute Gasteiger partial charge is 0.130 e. The molecule has 0 radical (unpaired) electrons. The van der Waals surface area contributed by atoms with Gasteiger partial charge in [0.15, 0.2) is 0 Å². The minimum atomic E-state index is 0.733. The van der Waals surface area contributed by atoms with Crippen LogP contribution in [-0.4, -0.2) is 24.3 Å². The van der Waals surface area contributed by atoms with Crippen molar-refractivity contribution >= 4 is 46.2 Å². The Morgan fingerprint density at radius 3 is 2.46 bits per heavy atom. The highest BCUT2D eigenvalue weighted by molar-refractivity contribution is 14.1. The molecule has 0 saturated carbocycles. The first kappa shape index (κ1) is 19.1. The number of halogens is 2. The summed E-state index contributed by atoms with van der Waals surface area (Å²) in [6.45, 7) is 10.2. The molecule has 5 heteroatoms. The third kappa shape index (κ3) is 4.86. The first-order chi connectivity index (χ1) is 11.4. The van der Waals surface area contributed by atoms with E-state index in [0.29, 0.717) is 0 Å². The SMILES string of the molecule is CCN(/C=N/c1cc(C)c(Oc2ccc(Cl)c(I)c2)cc1C)CC. The maximum atomic E-state index is 6.06. The van der Waals surface area contributed by atoms with Crippen molar-refractivity contribution in [1.29, 1.82) is 0 Å². The van der Waals surface area contributed by atoms with E-state index in [1.165, 1.54) is 0 Å². The maximum absolute atomic E-state index is 6.06. The van der Waals surface area contributed by atoms with Gasteiger partial charge in [-0.05, 0) is 91.7 Å². The second kappa shape index (κ2) is 8.72. The van der Waals surface area contributed by atoms with Gasteiger partial charge in [0.25, 0.3) is 0 Å². The predicted octanol–water partition coefficient (Wildman–Crippen LogP) is 6.36. The lowest BCUT2D eigenvalue weighted by Crippen LogP contribution is -2.20. The summed E-state index contributed by atoms with van der Waals surface area (Å²) in [4.78, 5) is 6.77. The lowest BCUT2D eigenvalue weighted by Gasteiger charge is -2.15. The number of nitrogens with zero attached hydrogens (tertiary/aromatic N) is 2. The predicted molar refractivity (Wildman–Crippen MR) is 111 cm³/mol. The topological polar surface area (TPSA) is 24.8 Å². The van der Waals surface area contributed by atoms with Crippen LogP contribution in [0, 0.1) is 17.4 Å². The Morgan fingerprint density at radius 1 is 1.12 bits per heavy atom. The van der Waals surface area contributed by atoms with E-state index in [1.54, 1.807) is 0 Å². The number of aliphatic imine (C=N–C) groups is 1. The van der Waals surface area contributed by atoms with Gasteiger partial charge in [-0.1, -0.05) is 11.6 Å². The van der Waals surface area contributed by atoms with Crippen molar-refractivity contribution in [1.82, 2.24) is 4.90 Å². The zero-order chi connectivity index (χ0) is 17.7. The van der Waals surface area contributed by atoms with Gasteiger partial charge >= 0.3 is 0 Å². The van der Waals surface area contributed by atoms with Crippen LogP contribution in [0.1, 0.15) is 25.0 Å². The lowest BCUT2D eigenvalue weighted by atomic mass is 10.1. The normalized spacial score (nSPS) is 11.1. The van der Waals surface area contributed by atoms with Crippen LogP contribution in [0.25, 0.3) is 0 Å². The number of aryl methyl sites for hydroxylation is 2. The zero-order valence-corrected chi connectivity index (χ0v) is 17.4. The maximum Gasteiger partial charge on any atom is 0.130 e. The summed E-state index contributed by atoms with van der Waals surface area (Å²) >= 11 is 8.26. The van der Waals surface area contributed by atoms with Crippen LogP contribution in [0.5, 0.6) is 11.5 Å². The molecule has 24 heavy (non-hydrogen) atoms. The molecule has 3 nitrogen and oxygen atoms in total. The molecule has 0 spiro atoms. The van der Waals surface area contributed by atoms with Crippen molar-refractivity contribution < 1.29 is 4.74 Å². The van der Waals surface area contributed by atoms with Crippen LogP contribution >= 0.6 is 34.2 Å². The highest BCUT2D eigenvalue weighted by Crippen LogP contribution is 2.33. The summed E-state index contributed by atoms with van der Waals surface area (Å²) in [5.74, 6) is 1.62. The molecule has 0 heterocycles. The Balaban J connectivity index is 2.24. The van der Waals surface area contributed by atoms with Crippen LogP contribution in [0.2, 0.25) is 5.02 Å². The second-order valence-electron chi connectivity index (χ2n) is 5.55. The number of ether oxygens (including phenoxy) is 1. The number of benzene rings is 2. The molecule has 0 aliphatic carbocycles. The van der Waals surface area contributed by atoms with Crippen LogP contribution in [0.4, 0.5) is 5.69 Å². The molecule has 0 saturated heterocycles.